The number of nitrogens with one attached hydrogen (secondary N) is 1. The summed E-state index contributed by atoms with van der Waals surface area (Å²) in [5.41, 5.74) is 0.284. The summed E-state index contributed by atoms with van der Waals surface area (Å²) in [6.07, 6.45) is -0.319. The molecule has 0 fully saturated rings. The number of methoxy groups -OCH3 is 1. The predicted octanol–water partition coefficient (Wildman–Crippen LogP) is 6.38. The van der Waals surface area contributed by atoms with Gasteiger partial charge in [-0.2, -0.15) is 5.26 Å². The Morgan fingerprint density at radius 1 is 1.17 bits per heavy atom. The van der Waals surface area contributed by atoms with E-state index in [1.165, 1.54) is 19.2 Å². The third-order valence-corrected chi connectivity index (χ3v) is 6.22. The highest BCUT2D eigenvalue weighted by Gasteiger charge is 2.44. The van der Waals surface area contributed by atoms with E-state index in [9.17, 15) is 10.1 Å². The van der Waals surface area contributed by atoms with Crippen LogP contribution in [0.1, 0.15) is 37.5 Å². The number of benzene rings is 3. The smallest absolute Gasteiger partial charge is 0.407 e. The fourth-order valence-electron chi connectivity index (χ4n) is 4.36. The molecule has 0 spiro atoms. The number of halogens is 2. The molecule has 1 heterocycles. The number of carbonyl (C=O) groups is 1. The average Bonchev–Trinajstić information content (AvgIpc) is 3.23. The van der Waals surface area contributed by atoms with Crippen LogP contribution in [0.5, 0.6) is 11.5 Å². The Hall–Kier alpha value is -3.76. The van der Waals surface area contributed by atoms with Gasteiger partial charge < -0.3 is 19.5 Å². The van der Waals surface area contributed by atoms with Gasteiger partial charge in [-0.25, -0.2) is 9.18 Å². The standard InChI is InChI=1S/C28H26ClFN2O4/c1-27(2,3)36-26(33)32-16-28(18-8-6-5-7-9-18)14-19-21(35-28)13-11-20(29)24(19)23-17(15-31)10-12-22(34-4)25(23)30/h5-13H,14,16H2,1-4H3,(H,32,33). The van der Waals surface area contributed by atoms with Gasteiger partial charge in [-0.3, -0.25) is 0 Å². The van der Waals surface area contributed by atoms with Gasteiger partial charge in [0.25, 0.3) is 0 Å². The summed E-state index contributed by atoms with van der Waals surface area (Å²) >= 11 is 6.62. The number of ether oxygens (including phenoxy) is 3. The van der Waals surface area contributed by atoms with Crippen molar-refractivity contribution < 1.29 is 23.4 Å². The van der Waals surface area contributed by atoms with Crippen molar-refractivity contribution in [1.82, 2.24) is 5.32 Å². The molecular formula is C28H26ClFN2O4. The molecule has 1 unspecified atom stereocenters. The molecule has 0 saturated carbocycles. The van der Waals surface area contributed by atoms with Crippen molar-refractivity contribution in [3.05, 3.63) is 82.1 Å². The molecule has 0 aliphatic carbocycles. The van der Waals surface area contributed by atoms with E-state index >= 15 is 4.39 Å². The highest BCUT2D eigenvalue weighted by molar-refractivity contribution is 6.33. The minimum Gasteiger partial charge on any atom is -0.494 e. The maximum absolute atomic E-state index is 15.5. The first kappa shape index (κ1) is 25.3. The third-order valence-electron chi connectivity index (χ3n) is 5.90. The first-order chi connectivity index (χ1) is 17.1. The molecule has 0 saturated heterocycles. The first-order valence-electron chi connectivity index (χ1n) is 11.4. The highest BCUT2D eigenvalue weighted by Crippen LogP contribution is 2.49. The summed E-state index contributed by atoms with van der Waals surface area (Å²) in [6, 6.07) is 17.7. The lowest BCUT2D eigenvalue weighted by atomic mass is 9.85. The highest BCUT2D eigenvalue weighted by atomic mass is 35.5. The van der Waals surface area contributed by atoms with Crippen LogP contribution in [-0.2, 0) is 16.8 Å². The molecule has 1 N–H and O–H groups in total. The first-order valence-corrected chi connectivity index (χ1v) is 11.8. The Morgan fingerprint density at radius 3 is 2.53 bits per heavy atom. The van der Waals surface area contributed by atoms with E-state index in [2.05, 4.69) is 11.4 Å². The van der Waals surface area contributed by atoms with Gasteiger partial charge in [-0.05, 0) is 50.6 Å². The molecule has 1 aliphatic heterocycles. The quantitative estimate of drug-likeness (QED) is 0.432. The summed E-state index contributed by atoms with van der Waals surface area (Å²) in [5, 5.41) is 12.8. The molecule has 36 heavy (non-hydrogen) atoms. The summed E-state index contributed by atoms with van der Waals surface area (Å²) in [6.45, 7) is 5.44. The molecule has 1 amide bonds. The van der Waals surface area contributed by atoms with Crippen molar-refractivity contribution in [2.24, 2.45) is 0 Å². The molecule has 3 aromatic carbocycles. The molecule has 8 heteroatoms. The molecule has 0 bridgehead atoms. The number of hydrogen-bond donors (Lipinski definition) is 1. The van der Waals surface area contributed by atoms with Gasteiger partial charge in [0.2, 0.25) is 0 Å². The largest absolute Gasteiger partial charge is 0.494 e. The molecule has 1 aliphatic rings. The number of hydrogen-bond acceptors (Lipinski definition) is 5. The number of nitriles is 1. The summed E-state index contributed by atoms with van der Waals surface area (Å²) in [7, 11) is 1.36. The van der Waals surface area contributed by atoms with Crippen LogP contribution in [0.3, 0.4) is 0 Å². The van der Waals surface area contributed by atoms with Gasteiger partial charge >= 0.3 is 6.09 Å². The van der Waals surface area contributed by atoms with Crippen molar-refractivity contribution in [3.8, 4) is 28.7 Å². The SMILES string of the molecule is COc1ccc(C#N)c(-c2c(Cl)ccc3c2CC(CNC(=O)OC(C)(C)C)(c2ccccc2)O3)c1F. The lowest BCUT2D eigenvalue weighted by Gasteiger charge is -2.30. The van der Waals surface area contributed by atoms with Gasteiger partial charge in [-0.15, -0.1) is 0 Å². The number of carbonyl (C=O) groups excluding carboxylic acids is 1. The molecule has 6 nitrogen and oxygen atoms in total. The Kier molecular flexibility index (Phi) is 6.83. The van der Waals surface area contributed by atoms with Crippen molar-refractivity contribution >= 4 is 17.7 Å². The van der Waals surface area contributed by atoms with Crippen LogP contribution in [0.25, 0.3) is 11.1 Å². The zero-order chi connectivity index (χ0) is 26.1. The maximum atomic E-state index is 15.5. The molecular weight excluding hydrogens is 483 g/mol. The Labute approximate surface area is 214 Å². The second-order valence-electron chi connectivity index (χ2n) is 9.51. The van der Waals surface area contributed by atoms with E-state index < -0.39 is 23.1 Å². The van der Waals surface area contributed by atoms with Crippen LogP contribution in [0.2, 0.25) is 5.02 Å². The minimum absolute atomic E-state index is 0.00231. The topological polar surface area (TPSA) is 80.6 Å². The molecule has 0 radical (unpaired) electrons. The number of fused-ring (bicyclic) bond motifs is 1. The summed E-state index contributed by atoms with van der Waals surface area (Å²) in [5.74, 6) is -0.205. The van der Waals surface area contributed by atoms with Crippen molar-refractivity contribution in [1.29, 1.82) is 5.26 Å². The lowest BCUT2D eigenvalue weighted by Crippen LogP contribution is -2.45. The monoisotopic (exact) mass is 508 g/mol. The predicted molar refractivity (Wildman–Crippen MR) is 135 cm³/mol. The second-order valence-corrected chi connectivity index (χ2v) is 9.92. The maximum Gasteiger partial charge on any atom is 0.407 e. The number of rotatable bonds is 5. The van der Waals surface area contributed by atoms with Gasteiger partial charge in [0.15, 0.2) is 17.2 Å². The number of amides is 1. The Bertz CT molecular complexity index is 1350. The molecule has 186 valence electrons. The van der Waals surface area contributed by atoms with E-state index in [1.807, 2.05) is 30.3 Å². The van der Waals surface area contributed by atoms with E-state index in [4.69, 9.17) is 25.8 Å². The van der Waals surface area contributed by atoms with Crippen LogP contribution in [0.15, 0.2) is 54.6 Å². The van der Waals surface area contributed by atoms with Crippen LogP contribution >= 0.6 is 11.6 Å². The summed E-state index contributed by atoms with van der Waals surface area (Å²) in [4.78, 5) is 12.5. The van der Waals surface area contributed by atoms with E-state index in [0.717, 1.165) is 5.56 Å². The van der Waals surface area contributed by atoms with E-state index in [-0.39, 0.29) is 34.9 Å². The fourth-order valence-corrected chi connectivity index (χ4v) is 4.63. The lowest BCUT2D eigenvalue weighted by molar-refractivity contribution is 0.0415. The van der Waals surface area contributed by atoms with Crippen LogP contribution < -0.4 is 14.8 Å². The molecule has 4 rings (SSSR count). The van der Waals surface area contributed by atoms with Crippen molar-refractivity contribution in [3.63, 3.8) is 0 Å². The zero-order valence-electron chi connectivity index (χ0n) is 20.4. The average molecular weight is 509 g/mol. The number of alkyl carbamates (subject to hydrolysis) is 1. The molecule has 3 aromatic rings. The zero-order valence-corrected chi connectivity index (χ0v) is 21.2. The fraction of sp³-hybridized carbons (Fsp3) is 0.286. The van der Waals surface area contributed by atoms with Gasteiger partial charge in [0.05, 0.1) is 25.3 Å². The van der Waals surface area contributed by atoms with Crippen LogP contribution in [-0.4, -0.2) is 25.3 Å². The van der Waals surface area contributed by atoms with Gasteiger partial charge in [0, 0.05) is 28.1 Å². The molecule has 0 aromatic heterocycles. The minimum atomic E-state index is -1.01. The van der Waals surface area contributed by atoms with Crippen LogP contribution in [0, 0.1) is 17.1 Å². The van der Waals surface area contributed by atoms with Crippen molar-refractivity contribution in [2.75, 3.05) is 13.7 Å². The van der Waals surface area contributed by atoms with Crippen LogP contribution in [0.4, 0.5) is 9.18 Å². The Balaban J connectivity index is 1.82. The van der Waals surface area contributed by atoms with Crippen molar-refractivity contribution in [2.45, 2.75) is 38.4 Å². The Morgan fingerprint density at radius 2 is 1.89 bits per heavy atom. The molecule has 1 atom stereocenters. The van der Waals surface area contributed by atoms with Gasteiger partial charge in [-0.1, -0.05) is 41.9 Å². The van der Waals surface area contributed by atoms with E-state index in [0.29, 0.717) is 16.9 Å². The number of nitrogens with zero attached hydrogens (tertiary/aromatic N) is 1. The summed E-state index contributed by atoms with van der Waals surface area (Å²) < 4.78 is 32.6. The normalized spacial score (nSPS) is 16.5. The van der Waals surface area contributed by atoms with Gasteiger partial charge in [0.1, 0.15) is 11.4 Å². The van der Waals surface area contributed by atoms with E-state index in [1.54, 1.807) is 32.9 Å². The third kappa shape index (κ3) is 4.82. The second kappa shape index (κ2) is 9.71.